The van der Waals surface area contributed by atoms with Gasteiger partial charge in [0.2, 0.25) is 0 Å². The molecule has 0 bridgehead atoms. The summed E-state index contributed by atoms with van der Waals surface area (Å²) in [4.78, 5) is 30.3. The molecule has 3 aromatic rings. The monoisotopic (exact) mass is 394 g/mol. The summed E-state index contributed by atoms with van der Waals surface area (Å²) < 4.78 is 15.7. The van der Waals surface area contributed by atoms with Crippen LogP contribution < -0.4 is 0 Å². The van der Waals surface area contributed by atoms with E-state index < -0.39 is 17.2 Å². The third-order valence-electron chi connectivity index (χ3n) is 5.50. The van der Waals surface area contributed by atoms with Crippen molar-refractivity contribution in [2.45, 2.75) is 18.3 Å². The number of hydrogen-bond donors (Lipinski definition) is 1. The quantitative estimate of drug-likeness (QED) is 0.735. The van der Waals surface area contributed by atoms with Gasteiger partial charge in [-0.25, -0.2) is 14.1 Å². The van der Waals surface area contributed by atoms with E-state index >= 15 is 0 Å². The molecule has 1 amide bonds. The molecule has 1 fully saturated rings. The first kappa shape index (κ1) is 18.8. The number of carboxylic acids is 1. The van der Waals surface area contributed by atoms with Crippen LogP contribution in [0.1, 0.15) is 28.8 Å². The number of piperidine rings is 1. The molecule has 29 heavy (non-hydrogen) atoms. The van der Waals surface area contributed by atoms with Crippen molar-refractivity contribution in [1.29, 1.82) is 0 Å². The van der Waals surface area contributed by atoms with E-state index in [9.17, 15) is 19.1 Å². The van der Waals surface area contributed by atoms with Crippen LogP contribution in [-0.2, 0) is 10.2 Å². The van der Waals surface area contributed by atoms with E-state index in [4.69, 9.17) is 0 Å². The predicted molar refractivity (Wildman–Crippen MR) is 102 cm³/mol. The number of carbonyl (C=O) groups excluding carboxylic acids is 1. The number of aromatic nitrogens is 3. The summed E-state index contributed by atoms with van der Waals surface area (Å²) in [6.45, 7) is 0.568. The summed E-state index contributed by atoms with van der Waals surface area (Å²) in [5.41, 5.74) is 0.142. The number of halogens is 1. The van der Waals surface area contributed by atoms with E-state index in [1.54, 1.807) is 11.0 Å². The van der Waals surface area contributed by atoms with Crippen LogP contribution in [0.3, 0.4) is 0 Å². The van der Waals surface area contributed by atoms with Crippen LogP contribution in [0.15, 0.2) is 61.2 Å². The lowest BCUT2D eigenvalue weighted by Crippen LogP contribution is -2.49. The first-order valence-corrected chi connectivity index (χ1v) is 9.24. The normalized spacial score (nSPS) is 15.8. The lowest BCUT2D eigenvalue weighted by atomic mass is 9.73. The zero-order valence-electron chi connectivity index (χ0n) is 15.5. The van der Waals surface area contributed by atoms with Crippen molar-refractivity contribution in [3.05, 3.63) is 78.1 Å². The van der Waals surface area contributed by atoms with Crippen molar-refractivity contribution in [2.75, 3.05) is 13.1 Å². The van der Waals surface area contributed by atoms with Crippen molar-refractivity contribution in [2.24, 2.45) is 0 Å². The molecule has 8 heteroatoms. The molecular formula is C21H19FN4O3. The van der Waals surface area contributed by atoms with Crippen molar-refractivity contribution < 1.29 is 19.1 Å². The minimum Gasteiger partial charge on any atom is -0.481 e. The Hall–Kier alpha value is -3.55. The molecule has 1 N–H and O–H groups in total. The van der Waals surface area contributed by atoms with Crippen molar-refractivity contribution in [3.8, 4) is 5.69 Å². The fourth-order valence-electron chi connectivity index (χ4n) is 3.82. The Morgan fingerprint density at radius 3 is 2.38 bits per heavy atom. The Labute approximate surface area is 166 Å². The molecule has 0 radical (unpaired) electrons. The fourth-order valence-corrected chi connectivity index (χ4v) is 3.82. The number of likely N-dealkylation sites (tertiary alicyclic amines) is 1. The average Bonchev–Trinajstić information content (AvgIpc) is 3.28. The molecule has 1 aliphatic heterocycles. The maximum atomic E-state index is 14.5. The standard InChI is InChI=1S/C21H19FN4O3/c22-17-12-15(6-7-18(17)26-14-23-13-24-26)19(27)25-10-8-21(9-11-25,20(28)29)16-4-2-1-3-5-16/h1-7,12-14H,8-11H2,(H,28,29). The highest BCUT2D eigenvalue weighted by Gasteiger charge is 2.43. The van der Waals surface area contributed by atoms with Crippen LogP contribution in [0, 0.1) is 5.82 Å². The molecule has 0 unspecified atom stereocenters. The second-order valence-corrected chi connectivity index (χ2v) is 7.05. The van der Waals surface area contributed by atoms with E-state index in [0.29, 0.717) is 12.8 Å². The smallest absolute Gasteiger partial charge is 0.314 e. The number of carbonyl (C=O) groups is 2. The first-order chi connectivity index (χ1) is 14.0. The minimum absolute atomic E-state index is 0.201. The number of benzene rings is 2. The van der Waals surface area contributed by atoms with Crippen LogP contribution in [0.2, 0.25) is 0 Å². The lowest BCUT2D eigenvalue weighted by molar-refractivity contribution is -0.145. The van der Waals surface area contributed by atoms with E-state index in [1.165, 1.54) is 29.5 Å². The third-order valence-corrected chi connectivity index (χ3v) is 5.50. The van der Waals surface area contributed by atoms with Crippen molar-refractivity contribution in [3.63, 3.8) is 0 Å². The highest BCUT2D eigenvalue weighted by molar-refractivity contribution is 5.95. The van der Waals surface area contributed by atoms with Gasteiger partial charge in [-0.3, -0.25) is 9.59 Å². The van der Waals surface area contributed by atoms with Crippen molar-refractivity contribution >= 4 is 11.9 Å². The summed E-state index contributed by atoms with van der Waals surface area (Å²) in [7, 11) is 0. The second-order valence-electron chi connectivity index (χ2n) is 7.05. The Morgan fingerprint density at radius 2 is 1.79 bits per heavy atom. The maximum absolute atomic E-state index is 14.5. The Balaban J connectivity index is 1.52. The van der Waals surface area contributed by atoms with Gasteiger partial charge in [-0.15, -0.1) is 0 Å². The predicted octanol–water partition coefficient (Wildman–Crippen LogP) is 2.67. The van der Waals surface area contributed by atoms with Gasteiger partial charge in [-0.05, 0) is 36.6 Å². The Morgan fingerprint density at radius 1 is 1.07 bits per heavy atom. The Bertz CT molecular complexity index is 1030. The molecule has 1 aromatic heterocycles. The molecule has 1 aliphatic rings. The summed E-state index contributed by atoms with van der Waals surface area (Å²) >= 11 is 0. The molecule has 7 nitrogen and oxygen atoms in total. The molecule has 4 rings (SSSR count). The molecule has 2 aromatic carbocycles. The largest absolute Gasteiger partial charge is 0.481 e. The van der Waals surface area contributed by atoms with Crippen molar-refractivity contribution in [1.82, 2.24) is 19.7 Å². The van der Waals surface area contributed by atoms with E-state index in [1.807, 2.05) is 30.3 Å². The number of hydrogen-bond acceptors (Lipinski definition) is 4. The number of rotatable bonds is 4. The number of nitrogens with zero attached hydrogens (tertiary/aromatic N) is 4. The fraction of sp³-hybridized carbons (Fsp3) is 0.238. The van der Waals surface area contributed by atoms with E-state index in [-0.39, 0.29) is 30.2 Å². The topological polar surface area (TPSA) is 88.3 Å². The zero-order valence-corrected chi connectivity index (χ0v) is 15.5. The molecule has 0 saturated carbocycles. The van der Waals surface area contributed by atoms with Gasteiger partial charge in [-0.2, -0.15) is 5.10 Å². The van der Waals surface area contributed by atoms with Gasteiger partial charge in [0, 0.05) is 18.7 Å². The SMILES string of the molecule is O=C(c1ccc(-n2cncn2)c(F)c1)N1CCC(C(=O)O)(c2ccccc2)CC1. The molecule has 0 spiro atoms. The molecule has 2 heterocycles. The molecule has 0 atom stereocenters. The van der Waals surface area contributed by atoms with E-state index in [0.717, 1.165) is 5.56 Å². The molecule has 148 valence electrons. The molecule has 1 saturated heterocycles. The van der Waals surface area contributed by atoms with Gasteiger partial charge >= 0.3 is 5.97 Å². The van der Waals surface area contributed by atoms with Gasteiger partial charge in [0.25, 0.3) is 5.91 Å². The van der Waals surface area contributed by atoms with Crippen LogP contribution >= 0.6 is 0 Å². The highest BCUT2D eigenvalue weighted by Crippen LogP contribution is 2.36. The number of aliphatic carboxylic acids is 1. The summed E-state index contributed by atoms with van der Waals surface area (Å²) in [5, 5.41) is 13.8. The first-order valence-electron chi connectivity index (χ1n) is 9.24. The number of carboxylic acid groups (broad SMARTS) is 1. The van der Waals surface area contributed by atoms with Crippen LogP contribution in [0.4, 0.5) is 4.39 Å². The van der Waals surface area contributed by atoms with Gasteiger partial charge in [0.15, 0.2) is 0 Å². The van der Waals surface area contributed by atoms with Crippen LogP contribution in [-0.4, -0.2) is 49.7 Å². The zero-order chi connectivity index (χ0) is 20.4. The van der Waals surface area contributed by atoms with Crippen LogP contribution in [0.5, 0.6) is 0 Å². The third kappa shape index (κ3) is 3.37. The molecule has 0 aliphatic carbocycles. The minimum atomic E-state index is -1.01. The van der Waals surface area contributed by atoms with Gasteiger partial charge in [-0.1, -0.05) is 30.3 Å². The van der Waals surface area contributed by atoms with Gasteiger partial charge in [0.1, 0.15) is 24.2 Å². The lowest BCUT2D eigenvalue weighted by Gasteiger charge is -2.39. The summed E-state index contributed by atoms with van der Waals surface area (Å²) in [6, 6.07) is 13.3. The highest BCUT2D eigenvalue weighted by atomic mass is 19.1. The van der Waals surface area contributed by atoms with Gasteiger partial charge in [0.05, 0.1) is 5.41 Å². The summed E-state index contributed by atoms with van der Waals surface area (Å²) in [6.07, 6.45) is 3.28. The average molecular weight is 394 g/mol. The maximum Gasteiger partial charge on any atom is 0.314 e. The van der Waals surface area contributed by atoms with Crippen LogP contribution in [0.25, 0.3) is 5.69 Å². The molecular weight excluding hydrogens is 375 g/mol. The number of amides is 1. The second kappa shape index (κ2) is 7.46. The van der Waals surface area contributed by atoms with E-state index in [2.05, 4.69) is 10.1 Å². The Kier molecular flexibility index (Phi) is 4.84. The van der Waals surface area contributed by atoms with Gasteiger partial charge < -0.3 is 10.0 Å². The summed E-state index contributed by atoms with van der Waals surface area (Å²) in [5.74, 6) is -1.79.